The fraction of sp³-hybridized carbons (Fsp3) is 0.462. The van der Waals surface area contributed by atoms with Crippen LogP contribution in [-0.4, -0.2) is 31.0 Å². The first-order valence-electron chi connectivity index (χ1n) is 5.80. The number of hydrogen-bond donors (Lipinski definition) is 0. The average molecular weight is 254 g/mol. The maximum Gasteiger partial charge on any atom is 0.225 e. The van der Waals surface area contributed by atoms with E-state index in [-0.39, 0.29) is 11.8 Å². The van der Waals surface area contributed by atoms with Crippen LogP contribution in [0.3, 0.4) is 0 Å². The van der Waals surface area contributed by atoms with Gasteiger partial charge in [-0.15, -0.1) is 0 Å². The van der Waals surface area contributed by atoms with Crippen LogP contribution in [0, 0.1) is 5.92 Å². The summed E-state index contributed by atoms with van der Waals surface area (Å²) in [7, 11) is 1.82. The number of carbonyl (C=O) groups excluding carboxylic acids is 1. The molecule has 1 aromatic carbocycles. The molecule has 92 valence electrons. The Balaban J connectivity index is 1.73. The number of benzene rings is 1. The van der Waals surface area contributed by atoms with Gasteiger partial charge in [-0.1, -0.05) is 17.7 Å². The molecule has 0 saturated heterocycles. The van der Waals surface area contributed by atoms with Gasteiger partial charge in [0.25, 0.3) is 0 Å². The van der Waals surface area contributed by atoms with Gasteiger partial charge in [-0.25, -0.2) is 0 Å². The van der Waals surface area contributed by atoms with Crippen LogP contribution in [0.15, 0.2) is 24.3 Å². The highest BCUT2D eigenvalue weighted by Gasteiger charge is 2.31. The first-order valence-corrected chi connectivity index (χ1v) is 6.18. The zero-order valence-electron chi connectivity index (χ0n) is 9.86. The summed E-state index contributed by atoms with van der Waals surface area (Å²) in [4.78, 5) is 13.4. The molecular formula is C13H16ClNO2. The van der Waals surface area contributed by atoms with E-state index in [0.717, 1.165) is 18.6 Å². The summed E-state index contributed by atoms with van der Waals surface area (Å²) in [5, 5.41) is 0.657. The molecule has 2 rings (SSSR count). The lowest BCUT2D eigenvalue weighted by Gasteiger charge is -2.17. The van der Waals surface area contributed by atoms with Gasteiger partial charge >= 0.3 is 0 Å². The van der Waals surface area contributed by atoms with E-state index in [1.54, 1.807) is 17.0 Å². The van der Waals surface area contributed by atoms with Crippen molar-refractivity contribution in [1.29, 1.82) is 0 Å². The van der Waals surface area contributed by atoms with Gasteiger partial charge in [0.1, 0.15) is 12.4 Å². The third kappa shape index (κ3) is 3.63. The van der Waals surface area contributed by atoms with Gasteiger partial charge in [-0.3, -0.25) is 4.79 Å². The molecule has 1 aliphatic rings. The van der Waals surface area contributed by atoms with Gasteiger partial charge in [0.05, 0.1) is 6.54 Å². The van der Waals surface area contributed by atoms with E-state index in [1.807, 2.05) is 19.2 Å². The normalized spacial score (nSPS) is 14.5. The SMILES string of the molecule is CN(CCOc1cccc(Cl)c1)C(=O)C1CC1. The summed E-state index contributed by atoms with van der Waals surface area (Å²) < 4.78 is 5.53. The molecule has 1 saturated carbocycles. The van der Waals surface area contributed by atoms with Gasteiger partial charge in [0.15, 0.2) is 0 Å². The minimum Gasteiger partial charge on any atom is -0.492 e. The van der Waals surface area contributed by atoms with Crippen molar-refractivity contribution < 1.29 is 9.53 Å². The molecule has 0 spiro atoms. The van der Waals surface area contributed by atoms with E-state index in [0.29, 0.717) is 18.2 Å². The number of ether oxygens (including phenoxy) is 1. The first-order chi connectivity index (χ1) is 8.16. The average Bonchev–Trinajstić information content (AvgIpc) is 3.12. The first kappa shape index (κ1) is 12.2. The summed E-state index contributed by atoms with van der Waals surface area (Å²) in [6.45, 7) is 1.11. The minimum atomic E-state index is 0.236. The number of amides is 1. The fourth-order valence-corrected chi connectivity index (χ4v) is 1.79. The molecule has 3 nitrogen and oxygen atoms in total. The van der Waals surface area contributed by atoms with E-state index in [4.69, 9.17) is 16.3 Å². The highest BCUT2D eigenvalue weighted by molar-refractivity contribution is 6.30. The quantitative estimate of drug-likeness (QED) is 0.807. The van der Waals surface area contributed by atoms with E-state index >= 15 is 0 Å². The summed E-state index contributed by atoms with van der Waals surface area (Å²) in [6, 6.07) is 7.27. The Morgan fingerprint density at radius 1 is 1.53 bits per heavy atom. The topological polar surface area (TPSA) is 29.5 Å². The molecule has 0 atom stereocenters. The van der Waals surface area contributed by atoms with Crippen molar-refractivity contribution in [2.75, 3.05) is 20.2 Å². The van der Waals surface area contributed by atoms with E-state index in [2.05, 4.69) is 0 Å². The Morgan fingerprint density at radius 3 is 2.94 bits per heavy atom. The Hall–Kier alpha value is -1.22. The lowest BCUT2D eigenvalue weighted by atomic mass is 10.3. The molecule has 1 amide bonds. The molecule has 0 unspecified atom stereocenters. The molecule has 4 heteroatoms. The van der Waals surface area contributed by atoms with Crippen LogP contribution in [0.2, 0.25) is 5.02 Å². The predicted molar refractivity (Wildman–Crippen MR) is 67.3 cm³/mol. The predicted octanol–water partition coefficient (Wildman–Crippen LogP) is 2.59. The Bertz CT molecular complexity index is 404. The number of carbonyl (C=O) groups is 1. The van der Waals surface area contributed by atoms with Crippen molar-refractivity contribution in [1.82, 2.24) is 4.90 Å². The smallest absolute Gasteiger partial charge is 0.225 e. The molecular weight excluding hydrogens is 238 g/mol. The van der Waals surface area contributed by atoms with Crippen molar-refractivity contribution in [3.05, 3.63) is 29.3 Å². The zero-order chi connectivity index (χ0) is 12.3. The van der Waals surface area contributed by atoms with Crippen LogP contribution >= 0.6 is 11.6 Å². The second kappa shape index (κ2) is 5.41. The van der Waals surface area contributed by atoms with Crippen molar-refractivity contribution in [3.8, 4) is 5.75 Å². The molecule has 1 fully saturated rings. The Morgan fingerprint density at radius 2 is 2.29 bits per heavy atom. The Labute approximate surface area is 106 Å². The molecule has 1 aromatic rings. The summed E-state index contributed by atoms with van der Waals surface area (Å²) in [5.74, 6) is 1.25. The number of nitrogens with zero attached hydrogens (tertiary/aromatic N) is 1. The molecule has 1 aliphatic carbocycles. The van der Waals surface area contributed by atoms with Crippen LogP contribution in [0.4, 0.5) is 0 Å². The second-order valence-electron chi connectivity index (χ2n) is 4.34. The minimum absolute atomic E-state index is 0.236. The third-order valence-electron chi connectivity index (χ3n) is 2.79. The number of hydrogen-bond acceptors (Lipinski definition) is 2. The fourth-order valence-electron chi connectivity index (χ4n) is 1.61. The van der Waals surface area contributed by atoms with E-state index in [1.165, 1.54) is 0 Å². The molecule has 0 heterocycles. The van der Waals surface area contributed by atoms with E-state index in [9.17, 15) is 4.79 Å². The zero-order valence-corrected chi connectivity index (χ0v) is 10.6. The largest absolute Gasteiger partial charge is 0.492 e. The van der Waals surface area contributed by atoms with Crippen LogP contribution in [-0.2, 0) is 4.79 Å². The molecule has 17 heavy (non-hydrogen) atoms. The molecule has 0 aromatic heterocycles. The van der Waals surface area contributed by atoms with Crippen molar-refractivity contribution in [3.63, 3.8) is 0 Å². The van der Waals surface area contributed by atoms with Crippen LogP contribution in [0.25, 0.3) is 0 Å². The summed E-state index contributed by atoms with van der Waals surface area (Å²) in [5.41, 5.74) is 0. The maximum atomic E-state index is 11.7. The molecule has 0 bridgehead atoms. The third-order valence-corrected chi connectivity index (χ3v) is 3.03. The maximum absolute atomic E-state index is 11.7. The number of rotatable bonds is 5. The molecule has 0 N–H and O–H groups in total. The van der Waals surface area contributed by atoms with Gasteiger partial charge in [0.2, 0.25) is 5.91 Å². The monoisotopic (exact) mass is 253 g/mol. The number of halogens is 1. The van der Waals surface area contributed by atoms with Gasteiger partial charge in [-0.05, 0) is 31.0 Å². The highest BCUT2D eigenvalue weighted by Crippen LogP contribution is 2.30. The standard InChI is InChI=1S/C13H16ClNO2/c1-15(13(16)10-5-6-10)7-8-17-12-4-2-3-11(14)9-12/h2-4,9-10H,5-8H2,1H3. The van der Waals surface area contributed by atoms with Gasteiger partial charge < -0.3 is 9.64 Å². The van der Waals surface area contributed by atoms with Crippen LogP contribution in [0.1, 0.15) is 12.8 Å². The highest BCUT2D eigenvalue weighted by atomic mass is 35.5. The van der Waals surface area contributed by atoms with E-state index < -0.39 is 0 Å². The van der Waals surface area contributed by atoms with Crippen molar-refractivity contribution in [2.24, 2.45) is 5.92 Å². The van der Waals surface area contributed by atoms with Crippen molar-refractivity contribution in [2.45, 2.75) is 12.8 Å². The second-order valence-corrected chi connectivity index (χ2v) is 4.78. The van der Waals surface area contributed by atoms with Gasteiger partial charge in [-0.2, -0.15) is 0 Å². The molecule has 0 radical (unpaired) electrons. The summed E-state index contributed by atoms with van der Waals surface area (Å²) in [6.07, 6.45) is 2.08. The lowest BCUT2D eigenvalue weighted by Crippen LogP contribution is -2.31. The van der Waals surface area contributed by atoms with Crippen LogP contribution < -0.4 is 4.74 Å². The van der Waals surface area contributed by atoms with Gasteiger partial charge in [0, 0.05) is 18.0 Å². The van der Waals surface area contributed by atoms with Crippen LogP contribution in [0.5, 0.6) is 5.75 Å². The lowest BCUT2D eigenvalue weighted by molar-refractivity contribution is -0.131. The summed E-state index contributed by atoms with van der Waals surface area (Å²) >= 11 is 5.84. The number of likely N-dealkylation sites (N-methyl/N-ethyl adjacent to an activating group) is 1. The molecule has 0 aliphatic heterocycles. The van der Waals surface area contributed by atoms with Crippen molar-refractivity contribution >= 4 is 17.5 Å². The Kier molecular flexibility index (Phi) is 3.89.